The van der Waals surface area contributed by atoms with Crippen molar-refractivity contribution in [1.82, 2.24) is 0 Å². The minimum absolute atomic E-state index is 0.432. The Morgan fingerprint density at radius 3 is 2.33 bits per heavy atom. The highest BCUT2D eigenvalue weighted by Gasteiger charge is 2.15. The molecule has 0 spiro atoms. The highest BCUT2D eigenvalue weighted by Crippen LogP contribution is 2.33. The van der Waals surface area contributed by atoms with Crippen molar-refractivity contribution in [2.45, 2.75) is 13.3 Å². The van der Waals surface area contributed by atoms with Crippen LogP contribution in [0.4, 0.5) is 11.4 Å². The molecule has 5 aromatic rings. The molecule has 0 bridgehead atoms. The minimum atomic E-state index is 0.432. The molecule has 0 amide bonds. The highest BCUT2D eigenvalue weighted by molar-refractivity contribution is 5.85. The second-order valence-electron chi connectivity index (χ2n) is 10.9. The number of rotatable bonds is 9. The summed E-state index contributed by atoms with van der Waals surface area (Å²) in [6.45, 7) is 6.44. The second kappa shape index (κ2) is 13.1. The molecular weight excluding hydrogens is 520 g/mol. The molecule has 2 heteroatoms. The van der Waals surface area contributed by atoms with Crippen LogP contribution in [0.15, 0.2) is 158 Å². The lowest BCUT2D eigenvalue weighted by molar-refractivity contribution is 0.769. The number of hydrogen-bond donors (Lipinski definition) is 2. The molecule has 0 heterocycles. The minimum Gasteiger partial charge on any atom is -0.362 e. The number of allylic oxidation sites excluding steroid dienone is 4. The zero-order valence-corrected chi connectivity index (χ0v) is 24.5. The molecule has 0 fully saturated rings. The van der Waals surface area contributed by atoms with Crippen molar-refractivity contribution in [3.8, 4) is 22.3 Å². The largest absolute Gasteiger partial charge is 0.362 e. The van der Waals surface area contributed by atoms with E-state index in [1.165, 1.54) is 38.4 Å². The Bertz CT molecular complexity index is 1910. The van der Waals surface area contributed by atoms with Crippen LogP contribution in [0.2, 0.25) is 0 Å². The lowest BCUT2D eigenvalue weighted by Crippen LogP contribution is -2.34. The van der Waals surface area contributed by atoms with Gasteiger partial charge >= 0.3 is 0 Å². The van der Waals surface area contributed by atoms with E-state index in [0.717, 1.165) is 28.9 Å². The van der Waals surface area contributed by atoms with Gasteiger partial charge in [-0.1, -0.05) is 135 Å². The molecule has 0 saturated carbocycles. The lowest BCUT2D eigenvalue weighted by atomic mass is 9.94. The molecule has 0 aliphatic heterocycles. The summed E-state index contributed by atoms with van der Waals surface area (Å²) in [6, 6.07) is 44.8. The fraction of sp³-hybridized carbons (Fsp3) is 0.0732. The average molecular weight is 557 g/mol. The van der Waals surface area contributed by atoms with Crippen LogP contribution >= 0.6 is 0 Å². The molecule has 1 unspecified atom stereocenters. The van der Waals surface area contributed by atoms with Crippen LogP contribution in [0.1, 0.15) is 18.9 Å². The van der Waals surface area contributed by atoms with Crippen LogP contribution in [0.25, 0.3) is 39.6 Å². The SMILES string of the molecule is C=C(/C=C\C=C/Nc1ccc(-c2cccc(-c3ccccc3NC3=c4ccccc4=CCC3C)c2)cc1)c1ccccc1. The van der Waals surface area contributed by atoms with Gasteiger partial charge in [-0.15, -0.1) is 0 Å². The standard InChI is InChI=1S/C41H36N2/c1-30(32-14-4-3-5-15-32)13-10-11-28-42-37-26-24-33(25-27-37)35-17-12-18-36(29-35)38-19-8-9-21-40(38)43-41-31(2)22-23-34-16-6-7-20-39(34)41/h3-21,23-29,31,42-43H,1,22H2,2H3/b13-10-,28-11-. The Morgan fingerprint density at radius 2 is 1.47 bits per heavy atom. The maximum atomic E-state index is 4.14. The van der Waals surface area contributed by atoms with E-state index in [-0.39, 0.29) is 0 Å². The van der Waals surface area contributed by atoms with Crippen molar-refractivity contribution in [1.29, 1.82) is 0 Å². The predicted octanol–water partition coefficient (Wildman–Crippen LogP) is 9.26. The third-order valence-corrected chi connectivity index (χ3v) is 7.92. The van der Waals surface area contributed by atoms with Gasteiger partial charge in [0, 0.05) is 40.0 Å². The second-order valence-corrected chi connectivity index (χ2v) is 10.9. The van der Waals surface area contributed by atoms with Gasteiger partial charge in [0.15, 0.2) is 0 Å². The van der Waals surface area contributed by atoms with Crippen molar-refractivity contribution in [3.05, 3.63) is 174 Å². The van der Waals surface area contributed by atoms with Gasteiger partial charge in [0.05, 0.1) is 0 Å². The van der Waals surface area contributed by atoms with Crippen LogP contribution < -0.4 is 21.1 Å². The Balaban J connectivity index is 1.17. The van der Waals surface area contributed by atoms with E-state index in [0.29, 0.717) is 5.92 Å². The molecule has 5 aromatic carbocycles. The molecule has 0 aromatic heterocycles. The summed E-state index contributed by atoms with van der Waals surface area (Å²) in [5.74, 6) is 0.432. The first-order chi connectivity index (χ1) is 21.2. The van der Waals surface area contributed by atoms with Gasteiger partial charge in [-0.3, -0.25) is 0 Å². The maximum Gasteiger partial charge on any atom is 0.0461 e. The first kappa shape index (κ1) is 27.8. The first-order valence-electron chi connectivity index (χ1n) is 14.9. The summed E-state index contributed by atoms with van der Waals surface area (Å²) in [5.41, 5.74) is 10.3. The highest BCUT2D eigenvalue weighted by atomic mass is 14.9. The quantitative estimate of drug-likeness (QED) is 0.177. The van der Waals surface area contributed by atoms with E-state index in [9.17, 15) is 0 Å². The third-order valence-electron chi connectivity index (χ3n) is 7.92. The summed E-state index contributed by atoms with van der Waals surface area (Å²) in [7, 11) is 0. The summed E-state index contributed by atoms with van der Waals surface area (Å²) < 4.78 is 0. The Hall–Kier alpha value is -5.34. The van der Waals surface area contributed by atoms with Crippen molar-refractivity contribution >= 4 is 28.7 Å². The fourth-order valence-electron chi connectivity index (χ4n) is 5.53. The number of anilines is 2. The molecule has 2 nitrogen and oxygen atoms in total. The zero-order chi connectivity index (χ0) is 29.4. The zero-order valence-electron chi connectivity index (χ0n) is 24.5. The summed E-state index contributed by atoms with van der Waals surface area (Å²) >= 11 is 0. The number of para-hydroxylation sites is 1. The Morgan fingerprint density at radius 1 is 0.721 bits per heavy atom. The van der Waals surface area contributed by atoms with Crippen LogP contribution in [-0.2, 0) is 0 Å². The van der Waals surface area contributed by atoms with Crippen LogP contribution in [0, 0.1) is 5.92 Å². The summed E-state index contributed by atoms with van der Waals surface area (Å²) in [6.07, 6.45) is 11.3. The van der Waals surface area contributed by atoms with Gasteiger partial charge in [0.1, 0.15) is 0 Å². The van der Waals surface area contributed by atoms with Crippen LogP contribution in [0.5, 0.6) is 0 Å². The van der Waals surface area contributed by atoms with Gasteiger partial charge in [-0.25, -0.2) is 0 Å². The topological polar surface area (TPSA) is 24.1 Å². The molecular formula is C41H36N2. The fourth-order valence-corrected chi connectivity index (χ4v) is 5.53. The molecule has 1 aliphatic carbocycles. The van der Waals surface area contributed by atoms with Gasteiger partial charge in [-0.2, -0.15) is 0 Å². The predicted molar refractivity (Wildman–Crippen MR) is 186 cm³/mol. The number of fused-ring (bicyclic) bond motifs is 1. The van der Waals surface area contributed by atoms with Crippen molar-refractivity contribution < 1.29 is 0 Å². The van der Waals surface area contributed by atoms with E-state index in [1.54, 1.807) is 0 Å². The smallest absolute Gasteiger partial charge is 0.0461 e. The van der Waals surface area contributed by atoms with Crippen LogP contribution in [0.3, 0.4) is 0 Å². The molecule has 6 rings (SSSR count). The van der Waals surface area contributed by atoms with E-state index < -0.39 is 0 Å². The van der Waals surface area contributed by atoms with E-state index >= 15 is 0 Å². The lowest BCUT2D eigenvalue weighted by Gasteiger charge is -2.22. The summed E-state index contributed by atoms with van der Waals surface area (Å²) in [5, 5.41) is 9.79. The summed E-state index contributed by atoms with van der Waals surface area (Å²) in [4.78, 5) is 0. The molecule has 0 radical (unpaired) electrons. The van der Waals surface area contributed by atoms with Gasteiger partial charge in [-0.05, 0) is 69.8 Å². The van der Waals surface area contributed by atoms with Crippen molar-refractivity contribution in [2.24, 2.45) is 5.92 Å². The monoisotopic (exact) mass is 556 g/mol. The van der Waals surface area contributed by atoms with E-state index in [4.69, 9.17) is 0 Å². The van der Waals surface area contributed by atoms with Crippen LogP contribution in [-0.4, -0.2) is 0 Å². The third kappa shape index (κ3) is 6.60. The van der Waals surface area contributed by atoms with Gasteiger partial charge < -0.3 is 10.6 Å². The Kier molecular flexibility index (Phi) is 8.47. The molecule has 1 atom stereocenters. The number of nitrogens with one attached hydrogen (secondary N) is 2. The molecule has 1 aliphatic rings. The van der Waals surface area contributed by atoms with Crippen molar-refractivity contribution in [3.63, 3.8) is 0 Å². The van der Waals surface area contributed by atoms with Gasteiger partial charge in [0.25, 0.3) is 0 Å². The number of benzene rings is 5. The van der Waals surface area contributed by atoms with Gasteiger partial charge in [0.2, 0.25) is 0 Å². The molecule has 0 saturated heterocycles. The average Bonchev–Trinajstić information content (AvgIpc) is 3.07. The molecule has 43 heavy (non-hydrogen) atoms. The maximum absolute atomic E-state index is 4.14. The van der Waals surface area contributed by atoms with E-state index in [1.807, 2.05) is 42.6 Å². The van der Waals surface area contributed by atoms with E-state index in [2.05, 4.69) is 139 Å². The van der Waals surface area contributed by atoms with Crippen molar-refractivity contribution in [2.75, 3.05) is 10.6 Å². The Labute approximate surface area is 254 Å². The first-order valence-corrected chi connectivity index (χ1v) is 14.9. The molecule has 2 N–H and O–H groups in total. The normalized spacial score (nSPS) is 14.3. The number of hydrogen-bond acceptors (Lipinski definition) is 2. The molecule has 210 valence electrons.